The van der Waals surface area contributed by atoms with Crippen LogP contribution in [0.25, 0.3) is 11.1 Å². The van der Waals surface area contributed by atoms with Gasteiger partial charge in [-0.05, 0) is 35.7 Å². The Labute approximate surface area is 160 Å². The van der Waals surface area contributed by atoms with Gasteiger partial charge in [0, 0.05) is 12.1 Å². The van der Waals surface area contributed by atoms with E-state index >= 15 is 0 Å². The number of ether oxygens (including phenoxy) is 2. The van der Waals surface area contributed by atoms with E-state index in [0.717, 1.165) is 5.56 Å². The van der Waals surface area contributed by atoms with Crippen LogP contribution in [0.3, 0.4) is 0 Å². The summed E-state index contributed by atoms with van der Waals surface area (Å²) in [6.07, 6.45) is -6.84. The minimum absolute atomic E-state index is 0.0169. The van der Waals surface area contributed by atoms with Crippen LogP contribution < -0.4 is 4.74 Å². The predicted molar refractivity (Wildman–Crippen MR) is 97.7 cm³/mol. The van der Waals surface area contributed by atoms with Crippen molar-refractivity contribution in [2.24, 2.45) is 0 Å². The second kappa shape index (κ2) is 8.21. The third kappa shape index (κ3) is 3.98. The minimum Gasteiger partial charge on any atom is -0.462 e. The van der Waals surface area contributed by atoms with E-state index in [1.54, 1.807) is 37.3 Å². The predicted octanol–water partition coefficient (Wildman–Crippen LogP) is 0.749. The number of benzene rings is 2. The van der Waals surface area contributed by atoms with Crippen LogP contribution in [0.1, 0.15) is 5.56 Å². The molecule has 150 valence electrons. The van der Waals surface area contributed by atoms with Gasteiger partial charge >= 0.3 is 0 Å². The smallest absolute Gasteiger partial charge is 0.270 e. The standard InChI is InChI=1S/C19H21NO8/c1-10-7-12(11-3-2-4-13(8-11)20(25)26)5-6-14(10)27-19-18(24)17(23)16(22)15(9-21)28-19/h2-8,15-19,21-24H,9H2,1H3/t15?,16-,17?,18?,19+/m1/s1. The molecule has 0 bridgehead atoms. The van der Waals surface area contributed by atoms with Crippen molar-refractivity contribution in [1.82, 2.24) is 0 Å². The number of rotatable bonds is 5. The molecule has 1 saturated heterocycles. The lowest BCUT2D eigenvalue weighted by molar-refractivity contribution is -0.384. The molecule has 1 heterocycles. The van der Waals surface area contributed by atoms with E-state index < -0.39 is 42.2 Å². The van der Waals surface area contributed by atoms with E-state index in [1.165, 1.54) is 12.1 Å². The van der Waals surface area contributed by atoms with Crippen molar-refractivity contribution in [3.05, 3.63) is 58.1 Å². The SMILES string of the molecule is Cc1cc(-c2cccc([N+](=O)[O-])c2)ccc1O[C@H]1OC(CO)[C@@H](O)C(O)C1O. The molecule has 9 heteroatoms. The third-order valence-corrected chi connectivity index (χ3v) is 4.66. The van der Waals surface area contributed by atoms with Crippen LogP contribution in [-0.2, 0) is 4.74 Å². The molecule has 3 unspecified atom stereocenters. The highest BCUT2D eigenvalue weighted by molar-refractivity contribution is 5.67. The Morgan fingerprint density at radius 3 is 2.43 bits per heavy atom. The van der Waals surface area contributed by atoms with Crippen molar-refractivity contribution in [1.29, 1.82) is 0 Å². The molecule has 0 aromatic heterocycles. The van der Waals surface area contributed by atoms with Gasteiger partial charge in [-0.25, -0.2) is 0 Å². The molecule has 4 N–H and O–H groups in total. The molecule has 0 spiro atoms. The number of nitro groups is 1. The van der Waals surface area contributed by atoms with Crippen molar-refractivity contribution in [3.8, 4) is 16.9 Å². The maximum absolute atomic E-state index is 11.0. The Morgan fingerprint density at radius 1 is 1.07 bits per heavy atom. The molecule has 28 heavy (non-hydrogen) atoms. The monoisotopic (exact) mass is 391 g/mol. The summed E-state index contributed by atoms with van der Waals surface area (Å²) in [5.41, 5.74) is 2.05. The number of hydrogen-bond donors (Lipinski definition) is 4. The Morgan fingerprint density at radius 2 is 1.79 bits per heavy atom. The minimum atomic E-state index is -1.53. The summed E-state index contributed by atoms with van der Waals surface area (Å²) in [5.74, 6) is 0.360. The fourth-order valence-corrected chi connectivity index (χ4v) is 3.05. The van der Waals surface area contributed by atoms with Gasteiger partial charge in [-0.2, -0.15) is 0 Å². The first-order valence-electron chi connectivity index (χ1n) is 8.64. The molecular formula is C19H21NO8. The molecule has 0 amide bonds. The fraction of sp³-hybridized carbons (Fsp3) is 0.368. The van der Waals surface area contributed by atoms with Gasteiger partial charge in [0.25, 0.3) is 5.69 Å². The van der Waals surface area contributed by atoms with E-state index in [4.69, 9.17) is 9.47 Å². The van der Waals surface area contributed by atoms with Crippen LogP contribution in [-0.4, -0.2) is 62.7 Å². The normalized spacial score (nSPS) is 27.4. The number of nitro benzene ring substituents is 1. The zero-order valence-corrected chi connectivity index (χ0v) is 15.0. The molecule has 1 aliphatic heterocycles. The van der Waals surface area contributed by atoms with Crippen LogP contribution in [0.5, 0.6) is 5.75 Å². The summed E-state index contributed by atoms with van der Waals surface area (Å²) in [6, 6.07) is 11.3. The fourth-order valence-electron chi connectivity index (χ4n) is 3.05. The van der Waals surface area contributed by atoms with Crippen molar-refractivity contribution in [2.45, 2.75) is 37.6 Å². The lowest BCUT2D eigenvalue weighted by Gasteiger charge is -2.39. The average Bonchev–Trinajstić information content (AvgIpc) is 2.69. The number of aliphatic hydroxyl groups is 4. The van der Waals surface area contributed by atoms with E-state index in [0.29, 0.717) is 16.9 Å². The van der Waals surface area contributed by atoms with Gasteiger partial charge in [0.2, 0.25) is 6.29 Å². The van der Waals surface area contributed by atoms with Crippen LogP contribution >= 0.6 is 0 Å². The van der Waals surface area contributed by atoms with Crippen molar-refractivity contribution in [2.75, 3.05) is 6.61 Å². The molecule has 0 saturated carbocycles. The Kier molecular flexibility index (Phi) is 5.92. The summed E-state index contributed by atoms with van der Waals surface area (Å²) in [6.45, 7) is 1.20. The average molecular weight is 391 g/mol. The summed E-state index contributed by atoms with van der Waals surface area (Å²) < 4.78 is 11.0. The molecular weight excluding hydrogens is 370 g/mol. The zero-order valence-electron chi connectivity index (χ0n) is 15.0. The molecule has 1 fully saturated rings. The number of aryl methyl sites for hydroxylation is 1. The Balaban J connectivity index is 1.81. The van der Waals surface area contributed by atoms with Crippen LogP contribution in [0, 0.1) is 17.0 Å². The lowest BCUT2D eigenvalue weighted by atomic mass is 9.99. The quantitative estimate of drug-likeness (QED) is 0.432. The third-order valence-electron chi connectivity index (χ3n) is 4.66. The first kappa shape index (κ1) is 20.2. The summed E-state index contributed by atoms with van der Waals surface area (Å²) in [7, 11) is 0. The van der Waals surface area contributed by atoms with Gasteiger partial charge < -0.3 is 29.9 Å². The van der Waals surface area contributed by atoms with E-state index in [9.17, 15) is 30.5 Å². The number of hydrogen-bond acceptors (Lipinski definition) is 8. The van der Waals surface area contributed by atoms with E-state index in [2.05, 4.69) is 0 Å². The maximum atomic E-state index is 11.0. The first-order valence-corrected chi connectivity index (χ1v) is 8.64. The summed E-state index contributed by atoms with van der Waals surface area (Å²) >= 11 is 0. The molecule has 9 nitrogen and oxygen atoms in total. The maximum Gasteiger partial charge on any atom is 0.270 e. The zero-order chi connectivity index (χ0) is 20.4. The van der Waals surface area contributed by atoms with Crippen LogP contribution in [0.2, 0.25) is 0 Å². The topological polar surface area (TPSA) is 143 Å². The second-order valence-corrected chi connectivity index (χ2v) is 6.60. The van der Waals surface area contributed by atoms with E-state index in [-0.39, 0.29) is 5.69 Å². The Hall–Kier alpha value is -2.56. The van der Waals surface area contributed by atoms with Gasteiger partial charge in [-0.1, -0.05) is 18.2 Å². The van der Waals surface area contributed by atoms with Gasteiger partial charge in [-0.15, -0.1) is 0 Å². The number of non-ortho nitro benzene ring substituents is 1. The van der Waals surface area contributed by atoms with E-state index in [1.807, 2.05) is 0 Å². The first-order chi connectivity index (χ1) is 13.3. The second-order valence-electron chi connectivity index (χ2n) is 6.60. The highest BCUT2D eigenvalue weighted by Gasteiger charge is 2.44. The number of aliphatic hydroxyl groups excluding tert-OH is 4. The van der Waals surface area contributed by atoms with Gasteiger partial charge in [0.15, 0.2) is 0 Å². The van der Waals surface area contributed by atoms with Gasteiger partial charge in [0.05, 0.1) is 11.5 Å². The van der Waals surface area contributed by atoms with Crippen LogP contribution in [0.15, 0.2) is 42.5 Å². The molecule has 0 aliphatic carbocycles. The van der Waals surface area contributed by atoms with Crippen LogP contribution in [0.4, 0.5) is 5.69 Å². The number of nitrogens with zero attached hydrogens (tertiary/aromatic N) is 1. The highest BCUT2D eigenvalue weighted by atomic mass is 16.7. The molecule has 2 aromatic carbocycles. The summed E-state index contributed by atoms with van der Waals surface area (Å²) in [4.78, 5) is 10.5. The van der Waals surface area contributed by atoms with Gasteiger partial charge in [-0.3, -0.25) is 10.1 Å². The molecule has 5 atom stereocenters. The molecule has 1 aliphatic rings. The van der Waals surface area contributed by atoms with Crippen molar-refractivity contribution < 1.29 is 34.8 Å². The van der Waals surface area contributed by atoms with Crippen molar-refractivity contribution in [3.63, 3.8) is 0 Å². The van der Waals surface area contributed by atoms with Gasteiger partial charge in [0.1, 0.15) is 30.2 Å². The Bertz CT molecular complexity index is 856. The van der Waals surface area contributed by atoms with Crippen molar-refractivity contribution >= 4 is 5.69 Å². The largest absolute Gasteiger partial charge is 0.462 e. The molecule has 3 rings (SSSR count). The molecule has 2 aromatic rings. The highest BCUT2D eigenvalue weighted by Crippen LogP contribution is 2.31. The summed E-state index contributed by atoms with van der Waals surface area (Å²) in [5, 5.41) is 50.0. The molecule has 0 radical (unpaired) electrons. The lowest BCUT2D eigenvalue weighted by Crippen LogP contribution is -2.60.